The predicted octanol–water partition coefficient (Wildman–Crippen LogP) is 6.75. The van der Waals surface area contributed by atoms with Crippen molar-refractivity contribution in [3.63, 3.8) is 0 Å². The van der Waals surface area contributed by atoms with Gasteiger partial charge in [-0.3, -0.25) is 14.4 Å². The number of ketones is 3. The van der Waals surface area contributed by atoms with Crippen LogP contribution in [0.1, 0.15) is 199 Å². The first kappa shape index (κ1) is 66.8. The molecule has 17 heteroatoms. The summed E-state index contributed by atoms with van der Waals surface area (Å²) in [6.07, 6.45) is 15.0. The van der Waals surface area contributed by atoms with E-state index in [4.69, 9.17) is 32.8 Å². The fourth-order valence-electron chi connectivity index (χ4n) is 19.3. The van der Waals surface area contributed by atoms with Crippen LogP contribution in [0.5, 0.6) is 0 Å². The van der Waals surface area contributed by atoms with Gasteiger partial charge in [0, 0.05) is 52.8 Å². The summed E-state index contributed by atoms with van der Waals surface area (Å²) in [6.45, 7) is 29.5. The third kappa shape index (κ3) is 10.1. The van der Waals surface area contributed by atoms with Crippen molar-refractivity contribution < 1.29 is 107 Å². The number of carbonyl (C=O) groups is 4. The average molecular weight is 1200 g/mol. The molecule has 3 spiro atoms. The number of epoxide rings is 1. The Morgan fingerprint density at radius 3 is 2.13 bits per heavy atom. The molecule has 85 heavy (non-hydrogen) atoms. The molecule has 11 rings (SSSR count). The topological polar surface area (TPSA) is 244 Å². The summed E-state index contributed by atoms with van der Waals surface area (Å²) in [5.41, 5.74) is -3.04. The van der Waals surface area contributed by atoms with Crippen LogP contribution in [0.15, 0.2) is 58.6 Å². The van der Waals surface area contributed by atoms with Gasteiger partial charge in [0.1, 0.15) is 17.5 Å². The van der Waals surface area contributed by atoms with Gasteiger partial charge in [-0.25, -0.2) is 0 Å². The molecule has 7 heterocycles. The van der Waals surface area contributed by atoms with E-state index in [1.165, 1.54) is 5.56 Å². The fraction of sp³-hybridized carbons (Fsp3) is 0.794. The molecule has 25 unspecified atom stereocenters. The van der Waals surface area contributed by atoms with Gasteiger partial charge in [0.25, 0.3) is 0 Å². The molecule has 468 valence electrons. The normalized spacial score (nSPS) is 46.8. The van der Waals surface area contributed by atoms with Crippen molar-refractivity contribution >= 4 is 23.3 Å². The van der Waals surface area contributed by atoms with Crippen LogP contribution in [-0.2, 0) is 47.6 Å². The third-order valence-corrected chi connectivity index (χ3v) is 24.6. The van der Waals surface area contributed by atoms with Crippen LogP contribution in [0.4, 0.5) is 0 Å². The molecule has 1 aromatic rings. The van der Waals surface area contributed by atoms with E-state index in [0.29, 0.717) is 63.4 Å². The number of furan rings is 1. The Bertz CT molecular complexity index is 2790. The molecule has 1 aromatic heterocycles. The average Bonchev–Trinajstić information content (AvgIpc) is 1.48. The number of allylic oxidation sites excluding steroid dienone is 4. The molecule has 5 saturated heterocycles. The Balaban J connectivity index is 0.000000228. The molecule has 0 radical (unpaired) electrons. The van der Waals surface area contributed by atoms with Gasteiger partial charge in [-0.15, -0.1) is 0 Å². The number of aliphatic carboxylic acids is 1. The van der Waals surface area contributed by atoms with E-state index in [1.54, 1.807) is 31.4 Å². The Kier molecular flexibility index (Phi) is 18.3. The van der Waals surface area contributed by atoms with Crippen LogP contribution in [-0.4, -0.2) is 121 Å². The van der Waals surface area contributed by atoms with Crippen molar-refractivity contribution in [3.05, 3.63) is 59.8 Å². The second-order valence-electron chi connectivity index (χ2n) is 29.5. The maximum Gasteiger partial charge on any atom is 1.00 e. The summed E-state index contributed by atoms with van der Waals surface area (Å²) >= 11 is 0. The zero-order chi connectivity index (χ0) is 61.4. The van der Waals surface area contributed by atoms with Crippen molar-refractivity contribution in [2.75, 3.05) is 0 Å². The molecule has 25 atom stereocenters. The van der Waals surface area contributed by atoms with Crippen LogP contribution in [0, 0.1) is 69.0 Å². The van der Waals surface area contributed by atoms with E-state index in [9.17, 15) is 44.7 Å². The van der Waals surface area contributed by atoms with Crippen molar-refractivity contribution in [2.45, 2.75) is 270 Å². The molecule has 4 N–H and O–H groups in total. The van der Waals surface area contributed by atoms with E-state index in [0.717, 1.165) is 25.7 Å². The van der Waals surface area contributed by atoms with Crippen molar-refractivity contribution in [2.24, 2.45) is 69.0 Å². The van der Waals surface area contributed by atoms with Crippen LogP contribution in [0.25, 0.3) is 0 Å². The molecule has 0 bridgehead atoms. The number of hydrogen-bond donors (Lipinski definition) is 4. The summed E-state index contributed by atoms with van der Waals surface area (Å²) in [5.74, 6) is -6.55. The van der Waals surface area contributed by atoms with Gasteiger partial charge in [0.2, 0.25) is 11.6 Å². The maximum absolute atomic E-state index is 14.4. The maximum atomic E-state index is 14.4. The van der Waals surface area contributed by atoms with Crippen LogP contribution in [0.3, 0.4) is 0 Å². The third-order valence-electron chi connectivity index (χ3n) is 24.6. The first-order chi connectivity index (χ1) is 39.3. The number of Topliss-reactive ketones (excluding diaryl/α,β-unsaturated/α-hetero) is 2. The van der Waals surface area contributed by atoms with Crippen LogP contribution >= 0.6 is 0 Å². The van der Waals surface area contributed by atoms with E-state index < -0.39 is 105 Å². The Labute approximate surface area is 526 Å². The van der Waals surface area contributed by atoms with Crippen molar-refractivity contribution in [3.8, 4) is 0 Å². The molecular formula is C68H99NaO16. The van der Waals surface area contributed by atoms with Crippen LogP contribution < -0.4 is 34.7 Å². The largest absolute Gasteiger partial charge is 1.00 e. The summed E-state index contributed by atoms with van der Waals surface area (Å²) < 4.78 is 45.3. The minimum Gasteiger partial charge on any atom is -0.550 e. The monoisotopic (exact) mass is 1190 g/mol. The minimum absolute atomic E-state index is 0. The van der Waals surface area contributed by atoms with E-state index in [-0.39, 0.29) is 106 Å². The van der Waals surface area contributed by atoms with E-state index in [1.807, 2.05) is 80.7 Å². The van der Waals surface area contributed by atoms with Gasteiger partial charge in [-0.05, 0) is 171 Å². The number of hydrogen-bond acceptors (Lipinski definition) is 16. The summed E-state index contributed by atoms with van der Waals surface area (Å²) in [5, 5.41) is 57.3. The quantitative estimate of drug-likeness (QED) is 0.0907. The van der Waals surface area contributed by atoms with Gasteiger partial charge in [0.05, 0.1) is 77.3 Å². The molecule has 0 aromatic carbocycles. The number of carboxylic acids is 1. The van der Waals surface area contributed by atoms with Gasteiger partial charge in [0.15, 0.2) is 17.3 Å². The second kappa shape index (κ2) is 23.3. The Morgan fingerprint density at radius 1 is 0.812 bits per heavy atom. The first-order valence-corrected chi connectivity index (χ1v) is 32.1. The number of rotatable bonds is 13. The summed E-state index contributed by atoms with van der Waals surface area (Å²) in [6, 6.07) is 2.03. The molecule has 6 aliphatic heterocycles. The fourth-order valence-corrected chi connectivity index (χ4v) is 19.3. The Hall–Kier alpha value is -2.58. The summed E-state index contributed by atoms with van der Waals surface area (Å²) in [7, 11) is 0. The predicted molar refractivity (Wildman–Crippen MR) is 309 cm³/mol. The van der Waals surface area contributed by atoms with Crippen molar-refractivity contribution in [1.82, 2.24) is 0 Å². The standard InChI is InChI=1S/C42H70O11.C26H30O5.Na/c1-11-29(38(46)47)31-15-14-23(4)36(50-31)27(8)34(44)26(7)35(45)30(12-2)37-24(5)22-25(6)41(51-37)19-16-32(43)42(53-41)21-20-39(10,52-42)33-17-18-40(48,13-3)28(9)49-33;1-22(2)17(27)7-9-23(3)16-6-10-24(4)15(14-8-11-30-13-14)12-18-26(24,31-18)25(16,5)21(29)19(28)20(22)23;/h16,19,23-34,36-37,43-44,48H,11-15,17-18,20-22H2,1-10H3,(H,46,47);7-9,11,13,15-16,18,28H,6,10,12H2,1-5H3;/q;;+1/p-1. The zero-order valence-corrected chi connectivity index (χ0v) is 55.7. The molecule has 4 aliphatic carbocycles. The molecule has 2 saturated carbocycles. The smallest absolute Gasteiger partial charge is 0.550 e. The molecule has 10 aliphatic rings. The van der Waals surface area contributed by atoms with Gasteiger partial charge >= 0.3 is 29.6 Å². The van der Waals surface area contributed by atoms with Gasteiger partial charge in [-0.1, -0.05) is 75.3 Å². The summed E-state index contributed by atoms with van der Waals surface area (Å²) in [4.78, 5) is 53.0. The number of carboxylic acid groups (broad SMARTS) is 1. The number of aliphatic hydroxyl groups excluding tert-OH is 3. The van der Waals surface area contributed by atoms with Gasteiger partial charge in [-0.2, -0.15) is 0 Å². The number of ether oxygens (including phenoxy) is 6. The SMILES string of the molecule is CC1(C)C(=O)C=CC2(C)C1=C(O)C(=O)C1(C)C2CCC2(C)C(c3ccoc3)CC3OC321.CCC(C(=O)[O-])C1CCC(C)C(C(C)C(O)C(C)C(=O)C(CC)C2OC3(C=CC(O)C4(CCC(C)(C5CCC(O)(CC)C(C)O5)O4)O3)C(C)CC2C)O1.[Na+]. The first-order valence-electron chi connectivity index (χ1n) is 32.1. The molecule has 0 amide bonds. The Morgan fingerprint density at radius 2 is 1.51 bits per heavy atom. The number of fused-ring (bicyclic) bond motifs is 3. The van der Waals surface area contributed by atoms with Gasteiger partial charge < -0.3 is 63.2 Å². The molecule has 16 nitrogen and oxygen atoms in total. The molecular weight excluding hydrogens is 1100 g/mol. The molecule has 7 fully saturated rings. The second-order valence-corrected chi connectivity index (χ2v) is 29.5. The van der Waals surface area contributed by atoms with E-state index >= 15 is 0 Å². The zero-order valence-electron chi connectivity index (χ0n) is 53.7. The van der Waals surface area contributed by atoms with Crippen LogP contribution in [0.2, 0.25) is 0 Å². The number of carbonyl (C=O) groups excluding carboxylic acids is 4. The van der Waals surface area contributed by atoms with Crippen molar-refractivity contribution in [1.29, 1.82) is 0 Å². The minimum atomic E-state index is -1.37. The van der Waals surface area contributed by atoms with E-state index in [2.05, 4.69) is 34.6 Å². The number of aliphatic hydroxyl groups is 4.